The third-order valence-electron chi connectivity index (χ3n) is 1.96. The largest absolute Gasteiger partial charge is 0.370 e. The van der Waals surface area contributed by atoms with Crippen LogP contribution in [0.5, 0.6) is 0 Å². The molecule has 0 bridgehead atoms. The van der Waals surface area contributed by atoms with E-state index in [1.807, 2.05) is 6.92 Å². The molecule has 14 heavy (non-hydrogen) atoms. The number of thiazole rings is 1. The van der Waals surface area contributed by atoms with Crippen LogP contribution < -0.4 is 11.1 Å². The van der Waals surface area contributed by atoms with Gasteiger partial charge in [-0.3, -0.25) is 4.99 Å². The van der Waals surface area contributed by atoms with E-state index in [-0.39, 0.29) is 0 Å². The number of hydrogen-bond donors (Lipinski definition) is 2. The van der Waals surface area contributed by atoms with Gasteiger partial charge < -0.3 is 11.1 Å². The molecule has 0 aliphatic heterocycles. The lowest BCUT2D eigenvalue weighted by molar-refractivity contribution is 0.847. The first kappa shape index (κ1) is 11.0. The Morgan fingerprint density at radius 3 is 2.79 bits per heavy atom. The second-order valence-corrected chi connectivity index (χ2v) is 4.32. The van der Waals surface area contributed by atoms with Crippen molar-refractivity contribution in [2.45, 2.75) is 20.3 Å². The molecule has 0 aliphatic carbocycles. The number of aryl methyl sites for hydroxylation is 2. The highest BCUT2D eigenvalue weighted by atomic mass is 32.1. The Bertz CT molecular complexity index is 310. The van der Waals surface area contributed by atoms with Gasteiger partial charge in [-0.25, -0.2) is 4.98 Å². The van der Waals surface area contributed by atoms with E-state index in [2.05, 4.69) is 22.2 Å². The predicted molar refractivity (Wildman–Crippen MR) is 60.8 cm³/mol. The van der Waals surface area contributed by atoms with Gasteiger partial charge in [0.15, 0.2) is 5.96 Å². The van der Waals surface area contributed by atoms with Crippen LogP contribution in [-0.4, -0.2) is 24.5 Å². The zero-order chi connectivity index (χ0) is 10.6. The zero-order valence-electron chi connectivity index (χ0n) is 8.79. The summed E-state index contributed by atoms with van der Waals surface area (Å²) in [5.74, 6) is 0.481. The predicted octanol–water partition coefficient (Wildman–Crippen LogP) is 0.837. The minimum Gasteiger partial charge on any atom is -0.370 e. The summed E-state index contributed by atoms with van der Waals surface area (Å²) in [6.45, 7) is 4.91. The maximum absolute atomic E-state index is 5.49. The summed E-state index contributed by atoms with van der Waals surface area (Å²) in [5, 5.41) is 4.15. The molecule has 0 radical (unpaired) electrons. The van der Waals surface area contributed by atoms with E-state index < -0.39 is 0 Å². The van der Waals surface area contributed by atoms with Crippen molar-refractivity contribution in [2.24, 2.45) is 10.7 Å². The van der Waals surface area contributed by atoms with Crippen LogP contribution in [0.2, 0.25) is 0 Å². The highest BCUT2D eigenvalue weighted by Crippen LogP contribution is 2.16. The Morgan fingerprint density at radius 1 is 1.57 bits per heavy atom. The van der Waals surface area contributed by atoms with Gasteiger partial charge in [-0.15, -0.1) is 11.3 Å². The molecule has 0 unspecified atom stereocenters. The lowest BCUT2D eigenvalue weighted by Crippen LogP contribution is -2.32. The van der Waals surface area contributed by atoms with Crippen molar-refractivity contribution in [2.75, 3.05) is 13.6 Å². The highest BCUT2D eigenvalue weighted by molar-refractivity contribution is 7.11. The molecule has 5 heteroatoms. The monoisotopic (exact) mass is 212 g/mol. The molecule has 1 rings (SSSR count). The van der Waals surface area contributed by atoms with Crippen LogP contribution in [0, 0.1) is 13.8 Å². The van der Waals surface area contributed by atoms with Gasteiger partial charge in [-0.1, -0.05) is 0 Å². The van der Waals surface area contributed by atoms with E-state index in [1.165, 1.54) is 4.88 Å². The fraction of sp³-hybridized carbons (Fsp3) is 0.556. The number of nitrogens with zero attached hydrogens (tertiary/aromatic N) is 2. The van der Waals surface area contributed by atoms with Crippen LogP contribution in [0.25, 0.3) is 0 Å². The fourth-order valence-corrected chi connectivity index (χ4v) is 1.96. The van der Waals surface area contributed by atoms with Crippen molar-refractivity contribution in [1.29, 1.82) is 0 Å². The lowest BCUT2D eigenvalue weighted by atomic mass is 10.4. The summed E-state index contributed by atoms with van der Waals surface area (Å²) >= 11 is 1.74. The third kappa shape index (κ3) is 2.99. The molecule has 0 aromatic carbocycles. The van der Waals surface area contributed by atoms with E-state index in [9.17, 15) is 0 Å². The highest BCUT2D eigenvalue weighted by Gasteiger charge is 2.02. The number of aromatic nitrogens is 1. The SMILES string of the molecule is CN=C(N)NCCc1nc(C)c(C)s1. The molecule has 1 heterocycles. The van der Waals surface area contributed by atoms with Gasteiger partial charge in [0.2, 0.25) is 0 Å². The molecule has 3 N–H and O–H groups in total. The minimum atomic E-state index is 0.481. The Kier molecular flexibility index (Phi) is 3.88. The maximum Gasteiger partial charge on any atom is 0.188 e. The molecule has 78 valence electrons. The fourth-order valence-electron chi connectivity index (χ4n) is 1.02. The molecule has 4 nitrogen and oxygen atoms in total. The molecule has 0 fully saturated rings. The van der Waals surface area contributed by atoms with Gasteiger partial charge in [0, 0.05) is 24.9 Å². The number of nitrogens with two attached hydrogens (primary N) is 1. The van der Waals surface area contributed by atoms with Gasteiger partial charge in [0.05, 0.1) is 10.7 Å². The van der Waals surface area contributed by atoms with Gasteiger partial charge in [-0.2, -0.15) is 0 Å². The number of aliphatic imine (C=N–C) groups is 1. The first-order chi connectivity index (χ1) is 6.63. The molecule has 1 aromatic heterocycles. The number of rotatable bonds is 3. The van der Waals surface area contributed by atoms with Crippen LogP contribution in [0.3, 0.4) is 0 Å². The normalized spacial score (nSPS) is 11.8. The zero-order valence-corrected chi connectivity index (χ0v) is 9.61. The Morgan fingerprint density at radius 2 is 2.29 bits per heavy atom. The summed E-state index contributed by atoms with van der Waals surface area (Å²) in [5.41, 5.74) is 6.62. The van der Waals surface area contributed by atoms with Gasteiger partial charge in [0.1, 0.15) is 0 Å². The number of guanidine groups is 1. The van der Waals surface area contributed by atoms with Crippen LogP contribution in [0.15, 0.2) is 4.99 Å². The standard InChI is InChI=1S/C9H16N4S/c1-6-7(2)14-8(13-6)4-5-12-9(10)11-3/h4-5H2,1-3H3,(H3,10,11,12). The molecule has 0 aliphatic rings. The Balaban J connectivity index is 2.39. The van der Waals surface area contributed by atoms with Crippen molar-refractivity contribution < 1.29 is 0 Å². The van der Waals surface area contributed by atoms with Crippen LogP contribution in [0.4, 0.5) is 0 Å². The minimum absolute atomic E-state index is 0.481. The van der Waals surface area contributed by atoms with Gasteiger partial charge in [0.25, 0.3) is 0 Å². The molecule has 0 saturated carbocycles. The molecular weight excluding hydrogens is 196 g/mol. The Labute approximate surface area is 88.3 Å². The molecule has 0 atom stereocenters. The summed E-state index contributed by atoms with van der Waals surface area (Å²) in [6.07, 6.45) is 0.898. The van der Waals surface area contributed by atoms with Crippen molar-refractivity contribution >= 4 is 17.3 Å². The summed E-state index contributed by atoms with van der Waals surface area (Å²) in [4.78, 5) is 9.53. The van der Waals surface area contributed by atoms with Crippen LogP contribution >= 0.6 is 11.3 Å². The van der Waals surface area contributed by atoms with Crippen molar-refractivity contribution in [3.63, 3.8) is 0 Å². The second-order valence-electron chi connectivity index (χ2n) is 3.03. The topological polar surface area (TPSA) is 63.3 Å². The van der Waals surface area contributed by atoms with Crippen LogP contribution in [-0.2, 0) is 6.42 Å². The molecule has 0 amide bonds. The van der Waals surface area contributed by atoms with Gasteiger partial charge >= 0.3 is 0 Å². The lowest BCUT2D eigenvalue weighted by Gasteiger charge is -2.01. The first-order valence-corrected chi connectivity index (χ1v) is 5.34. The molecule has 0 saturated heterocycles. The van der Waals surface area contributed by atoms with Crippen molar-refractivity contribution in [3.05, 3.63) is 15.6 Å². The molecule has 0 spiro atoms. The summed E-state index contributed by atoms with van der Waals surface area (Å²) in [6, 6.07) is 0. The number of nitrogens with one attached hydrogen (secondary N) is 1. The second kappa shape index (κ2) is 4.95. The molecule has 1 aromatic rings. The van der Waals surface area contributed by atoms with Crippen molar-refractivity contribution in [1.82, 2.24) is 10.3 Å². The summed E-state index contributed by atoms with van der Waals surface area (Å²) in [7, 11) is 1.67. The smallest absolute Gasteiger partial charge is 0.188 e. The number of hydrogen-bond acceptors (Lipinski definition) is 3. The van der Waals surface area contributed by atoms with E-state index in [4.69, 9.17) is 5.73 Å². The van der Waals surface area contributed by atoms with E-state index in [1.54, 1.807) is 18.4 Å². The first-order valence-electron chi connectivity index (χ1n) is 4.52. The quantitative estimate of drug-likeness (QED) is 0.576. The average molecular weight is 212 g/mol. The maximum atomic E-state index is 5.49. The van der Waals surface area contributed by atoms with E-state index >= 15 is 0 Å². The van der Waals surface area contributed by atoms with E-state index in [0.29, 0.717) is 5.96 Å². The van der Waals surface area contributed by atoms with Crippen LogP contribution in [0.1, 0.15) is 15.6 Å². The van der Waals surface area contributed by atoms with Crippen molar-refractivity contribution in [3.8, 4) is 0 Å². The Hall–Kier alpha value is -1.10. The van der Waals surface area contributed by atoms with E-state index in [0.717, 1.165) is 23.7 Å². The molecular formula is C9H16N4S. The average Bonchev–Trinajstić information content (AvgIpc) is 2.46. The third-order valence-corrected chi connectivity index (χ3v) is 3.09. The van der Waals surface area contributed by atoms with Gasteiger partial charge in [-0.05, 0) is 13.8 Å². The summed E-state index contributed by atoms with van der Waals surface area (Å²) < 4.78 is 0.